The number of carbonyl (C=O) groups excluding carboxylic acids is 6. The zero-order valence-corrected chi connectivity index (χ0v) is 32.4. The fraction of sp³-hybridized carbons (Fsp3) is 0.778. The number of carboxylic acids is 2. The number of carboxylic acid groups (broad SMARTS) is 2. The topological polar surface area (TPSA) is 196 Å². The van der Waals surface area contributed by atoms with E-state index in [0.29, 0.717) is 77.5 Å². The van der Waals surface area contributed by atoms with Crippen LogP contribution in [0.3, 0.4) is 0 Å². The molecule has 18 heteroatoms. The molecule has 0 aliphatic carbocycles. The summed E-state index contributed by atoms with van der Waals surface area (Å²) in [5.41, 5.74) is 0. The molecule has 7 fully saturated rings. The third-order valence-electron chi connectivity index (χ3n) is 12.4. The molecule has 0 aromatic carbocycles. The van der Waals surface area contributed by atoms with E-state index < -0.39 is 70.5 Å². The number of nitrogens with zero attached hydrogens (tertiary/aromatic N) is 6. The Morgan fingerprint density at radius 3 is 1.06 bits per heavy atom. The van der Waals surface area contributed by atoms with Crippen molar-refractivity contribution >= 4 is 70.9 Å². The average Bonchev–Trinajstić information content (AvgIpc) is 4.00. The molecule has 4 bridgehead atoms. The van der Waals surface area contributed by atoms with Gasteiger partial charge in [-0.05, 0) is 78.1 Å². The summed E-state index contributed by atoms with van der Waals surface area (Å²) < 4.78 is 0. The Labute approximate surface area is 322 Å². The maximum Gasteiger partial charge on any atom is 0.326 e. The Morgan fingerprint density at radius 2 is 0.759 bits per heavy atom. The zero-order chi connectivity index (χ0) is 38.6. The zero-order valence-electron chi connectivity index (χ0n) is 30.7. The van der Waals surface area contributed by atoms with Crippen LogP contribution in [-0.2, 0) is 38.4 Å². The van der Waals surface area contributed by atoms with Gasteiger partial charge in [0.05, 0.1) is 10.5 Å². The summed E-state index contributed by atoms with van der Waals surface area (Å²) in [6.45, 7) is 4.95. The van der Waals surface area contributed by atoms with Gasteiger partial charge in [-0.25, -0.2) is 9.59 Å². The number of hydrogen-bond acceptors (Lipinski definition) is 10. The molecule has 0 aromatic rings. The van der Waals surface area contributed by atoms with Crippen molar-refractivity contribution in [2.75, 3.05) is 39.3 Å². The lowest BCUT2D eigenvalue weighted by molar-refractivity contribution is -0.153. The van der Waals surface area contributed by atoms with Crippen LogP contribution in [0.25, 0.3) is 0 Å². The molecule has 296 valence electrons. The lowest BCUT2D eigenvalue weighted by atomic mass is 10.1. The first kappa shape index (κ1) is 38.7. The first-order valence-corrected chi connectivity index (χ1v) is 21.2. The first-order valence-electron chi connectivity index (χ1n) is 19.4. The van der Waals surface area contributed by atoms with Gasteiger partial charge in [-0.15, -0.1) is 23.5 Å². The van der Waals surface area contributed by atoms with Crippen LogP contribution < -0.4 is 0 Å². The van der Waals surface area contributed by atoms with Gasteiger partial charge >= 0.3 is 11.9 Å². The third-order valence-corrected chi connectivity index (χ3v) is 15.1. The molecule has 0 aromatic heterocycles. The lowest BCUT2D eigenvalue weighted by Gasteiger charge is -2.35. The average molecular weight is 791 g/mol. The largest absolute Gasteiger partial charge is 0.480 e. The van der Waals surface area contributed by atoms with E-state index in [1.165, 1.54) is 43.1 Å². The lowest BCUT2D eigenvalue weighted by Crippen LogP contribution is -2.55. The smallest absolute Gasteiger partial charge is 0.326 e. The Bertz CT molecular complexity index is 1490. The molecule has 7 saturated heterocycles. The Kier molecular flexibility index (Phi) is 11.1. The van der Waals surface area contributed by atoms with Gasteiger partial charge in [-0.1, -0.05) is 0 Å². The molecule has 2 N–H and O–H groups in total. The maximum atomic E-state index is 14.2. The van der Waals surface area contributed by atoms with Crippen molar-refractivity contribution in [1.29, 1.82) is 0 Å². The summed E-state index contributed by atoms with van der Waals surface area (Å²) in [6.07, 6.45) is 4.14. The van der Waals surface area contributed by atoms with E-state index in [2.05, 4.69) is 0 Å². The highest BCUT2D eigenvalue weighted by Gasteiger charge is 2.51. The molecule has 6 amide bonds. The van der Waals surface area contributed by atoms with E-state index in [-0.39, 0.29) is 60.1 Å². The molecule has 10 atom stereocenters. The number of fused-ring (bicyclic) bond motifs is 8. The summed E-state index contributed by atoms with van der Waals surface area (Å²) in [5, 5.41) is 18.3. The molecule has 7 aliphatic rings. The van der Waals surface area contributed by atoms with Crippen LogP contribution in [-0.4, -0.2) is 184 Å². The van der Waals surface area contributed by atoms with Crippen LogP contribution in [0.2, 0.25) is 0 Å². The number of thioether (sulfide) groups is 2. The molecule has 7 heterocycles. The van der Waals surface area contributed by atoms with Crippen LogP contribution in [0.5, 0.6) is 0 Å². The van der Waals surface area contributed by atoms with Crippen LogP contribution in [0.15, 0.2) is 0 Å². The number of carbonyl (C=O) groups is 8. The fourth-order valence-corrected chi connectivity index (χ4v) is 12.6. The summed E-state index contributed by atoms with van der Waals surface area (Å²) in [7, 11) is 0. The third kappa shape index (κ3) is 7.05. The number of hydrogen-bond donors (Lipinski definition) is 2. The fourth-order valence-electron chi connectivity index (χ4n) is 9.82. The standard InChI is InChI=1S/C36H50N6O10S2/c1-19-29(43)37-11-3-7-23(37)31(45)39-13-5-10-26(39)34(48)42-18-22(16-28(42)36(51)52)54-20(2)30(44)38-12-4-8-24(38)32(46)40-14-6-9-25(40)33(47)41-17-21(53-19)15-27(41)35(49)50/h19-28H,3-18H2,1-2H3,(H,49,50)(H,51,52)/t19-,20-,21-,22-,23-,24-,25-,26-,27-,28-/m0/s1. The molecule has 0 spiro atoms. The minimum Gasteiger partial charge on any atom is -0.480 e. The van der Waals surface area contributed by atoms with Crippen molar-refractivity contribution < 1.29 is 48.6 Å². The van der Waals surface area contributed by atoms with Crippen molar-refractivity contribution in [3.8, 4) is 0 Å². The molecule has 0 unspecified atom stereocenters. The maximum absolute atomic E-state index is 14.2. The van der Waals surface area contributed by atoms with Gasteiger partial charge in [-0.3, -0.25) is 28.8 Å². The van der Waals surface area contributed by atoms with Crippen LogP contribution >= 0.6 is 23.5 Å². The summed E-state index contributed by atoms with van der Waals surface area (Å²) in [4.78, 5) is 118. The highest BCUT2D eigenvalue weighted by atomic mass is 32.2. The highest BCUT2D eigenvalue weighted by Crippen LogP contribution is 2.38. The highest BCUT2D eigenvalue weighted by molar-refractivity contribution is 8.01. The summed E-state index contributed by atoms with van der Waals surface area (Å²) >= 11 is 2.56. The Morgan fingerprint density at radius 1 is 0.481 bits per heavy atom. The van der Waals surface area contributed by atoms with E-state index in [1.807, 2.05) is 0 Å². The van der Waals surface area contributed by atoms with Crippen molar-refractivity contribution in [3.05, 3.63) is 0 Å². The van der Waals surface area contributed by atoms with Crippen molar-refractivity contribution in [3.63, 3.8) is 0 Å². The predicted octanol–water partition coefficient (Wildman–Crippen LogP) is 0.316. The van der Waals surface area contributed by atoms with E-state index in [0.717, 1.165) is 0 Å². The van der Waals surface area contributed by atoms with Crippen molar-refractivity contribution in [2.45, 2.75) is 135 Å². The minimum atomic E-state index is -1.16. The second-order valence-corrected chi connectivity index (χ2v) is 19.0. The quantitative estimate of drug-likeness (QED) is 0.390. The molecule has 7 aliphatic heterocycles. The van der Waals surface area contributed by atoms with E-state index in [9.17, 15) is 48.6 Å². The van der Waals surface area contributed by atoms with Gasteiger partial charge in [-0.2, -0.15) is 0 Å². The number of rotatable bonds is 2. The van der Waals surface area contributed by atoms with E-state index >= 15 is 0 Å². The van der Waals surface area contributed by atoms with Crippen LogP contribution in [0.4, 0.5) is 0 Å². The number of amides is 6. The molecular formula is C36H50N6O10S2. The van der Waals surface area contributed by atoms with Gasteiger partial charge in [0, 0.05) is 49.8 Å². The monoisotopic (exact) mass is 790 g/mol. The van der Waals surface area contributed by atoms with Gasteiger partial charge in [0.15, 0.2) is 0 Å². The Balaban J connectivity index is 1.19. The molecule has 0 saturated carbocycles. The predicted molar refractivity (Wildman–Crippen MR) is 196 cm³/mol. The second kappa shape index (κ2) is 15.5. The molecule has 54 heavy (non-hydrogen) atoms. The molecular weight excluding hydrogens is 741 g/mol. The molecule has 0 radical (unpaired) electrons. The van der Waals surface area contributed by atoms with E-state index in [4.69, 9.17) is 0 Å². The summed E-state index contributed by atoms with van der Waals surface area (Å²) in [6, 6.07) is -5.53. The summed E-state index contributed by atoms with van der Waals surface area (Å²) in [5.74, 6) is -4.40. The number of aliphatic carboxylic acids is 2. The van der Waals surface area contributed by atoms with Crippen molar-refractivity contribution in [1.82, 2.24) is 29.4 Å². The van der Waals surface area contributed by atoms with Crippen molar-refractivity contribution in [2.24, 2.45) is 0 Å². The van der Waals surface area contributed by atoms with Gasteiger partial charge < -0.3 is 39.6 Å². The van der Waals surface area contributed by atoms with E-state index in [1.54, 1.807) is 23.6 Å². The van der Waals surface area contributed by atoms with Gasteiger partial charge in [0.25, 0.3) is 0 Å². The van der Waals surface area contributed by atoms with Gasteiger partial charge in [0.2, 0.25) is 35.4 Å². The molecule has 7 rings (SSSR count). The Hall–Kier alpha value is -3.54. The molecule has 16 nitrogen and oxygen atoms in total. The van der Waals surface area contributed by atoms with Crippen LogP contribution in [0, 0.1) is 0 Å². The minimum absolute atomic E-state index is 0.0916. The SMILES string of the molecule is C[C@@H]1S[C@H]2C[C@@H](C(=O)O)N(C2)C(=O)[C@@H]2CCCN2C(=O)[C@@H]2CCCN2C(=O)[C@H](C)S[C@H]2C[C@@H](C(=O)O)N(C2)C(=O)[C@@H]2CCCN2C(=O)[C@@H]2CCCN2C1=O. The normalized spacial score (nSPS) is 37.1. The first-order chi connectivity index (χ1) is 25.8. The van der Waals surface area contributed by atoms with Gasteiger partial charge in [0.1, 0.15) is 36.3 Å². The second-order valence-electron chi connectivity index (χ2n) is 15.7. The van der Waals surface area contributed by atoms with Crippen LogP contribution in [0.1, 0.15) is 78.1 Å².